The first-order valence-electron chi connectivity index (χ1n) is 12.5. The zero-order chi connectivity index (χ0) is 24.9. The average Bonchev–Trinajstić information content (AvgIpc) is 2.80. The molecular weight excluding hydrogens is 430 g/mol. The number of hydrogen-bond donors (Lipinski definition) is 1. The van der Waals surface area contributed by atoms with Gasteiger partial charge in [-0.25, -0.2) is 4.79 Å². The molecule has 0 radical (unpaired) electrons. The Labute approximate surface area is 205 Å². The Kier molecular flexibility index (Phi) is 11.9. The number of nitrogens with zero attached hydrogens (tertiary/aromatic N) is 2. The number of methoxy groups -OCH3 is 1. The maximum Gasteiger partial charge on any atom is 0.415 e. The van der Waals surface area contributed by atoms with Crippen molar-refractivity contribution in [3.8, 4) is 11.5 Å². The van der Waals surface area contributed by atoms with E-state index in [-0.39, 0.29) is 18.0 Å². The predicted octanol–water partition coefficient (Wildman–Crippen LogP) is 5.00. The molecule has 1 atom stereocenters. The quantitative estimate of drug-likeness (QED) is 0.342. The smallest absolute Gasteiger partial charge is 0.415 e. The molecule has 1 aromatic rings. The van der Waals surface area contributed by atoms with E-state index in [9.17, 15) is 9.59 Å². The largest absolute Gasteiger partial charge is 0.493 e. The van der Waals surface area contributed by atoms with Gasteiger partial charge in [-0.3, -0.25) is 4.79 Å². The fraction of sp³-hybridized carbons (Fsp3) is 0.630. The number of benzene rings is 1. The van der Waals surface area contributed by atoms with Crippen LogP contribution in [0.3, 0.4) is 0 Å². The first kappa shape index (κ1) is 27.7. The van der Waals surface area contributed by atoms with Gasteiger partial charge in [0.2, 0.25) is 5.91 Å². The van der Waals surface area contributed by atoms with E-state index in [2.05, 4.69) is 36.2 Å². The molecule has 0 aliphatic carbocycles. The molecule has 2 amide bonds. The highest BCUT2D eigenvalue weighted by atomic mass is 16.6. The third-order valence-electron chi connectivity index (χ3n) is 5.90. The molecule has 190 valence electrons. The van der Waals surface area contributed by atoms with Crippen LogP contribution in [0.25, 0.3) is 0 Å². The number of likely N-dealkylation sites (N-methyl/N-ethyl adjacent to an activating group) is 1. The molecule has 0 bridgehead atoms. The number of carbonyl (C=O) groups excluding carboxylic acids is 2. The maximum absolute atomic E-state index is 12.9. The number of allylic oxidation sites excluding steroid dienone is 2. The molecule has 7 heteroatoms. The molecule has 0 spiro atoms. The van der Waals surface area contributed by atoms with Crippen molar-refractivity contribution >= 4 is 12.0 Å². The van der Waals surface area contributed by atoms with Crippen molar-refractivity contribution in [3.63, 3.8) is 0 Å². The monoisotopic (exact) mass is 473 g/mol. The third kappa shape index (κ3) is 9.75. The van der Waals surface area contributed by atoms with E-state index in [1.807, 2.05) is 31.1 Å². The van der Waals surface area contributed by atoms with Crippen LogP contribution in [0.4, 0.5) is 4.79 Å². The van der Waals surface area contributed by atoms with E-state index in [1.165, 1.54) is 0 Å². The Bertz CT molecular complexity index is 807. The maximum atomic E-state index is 12.9. The summed E-state index contributed by atoms with van der Waals surface area (Å²) in [6, 6.07) is 5.57. The zero-order valence-corrected chi connectivity index (χ0v) is 21.6. The number of piperidine rings is 1. The van der Waals surface area contributed by atoms with E-state index >= 15 is 0 Å². The molecule has 1 fully saturated rings. The van der Waals surface area contributed by atoms with Gasteiger partial charge in [-0.1, -0.05) is 32.1 Å². The van der Waals surface area contributed by atoms with Crippen LogP contribution in [-0.4, -0.2) is 62.1 Å². The summed E-state index contributed by atoms with van der Waals surface area (Å²) >= 11 is 0. The zero-order valence-electron chi connectivity index (χ0n) is 21.6. The summed E-state index contributed by atoms with van der Waals surface area (Å²) in [4.78, 5) is 29.0. The van der Waals surface area contributed by atoms with Gasteiger partial charge in [-0.05, 0) is 76.2 Å². The minimum absolute atomic E-state index is 0.0411. The number of unbranched alkanes of at least 4 members (excludes halogenated alkanes) is 2. The van der Waals surface area contributed by atoms with Crippen LogP contribution in [0, 0.1) is 5.92 Å². The van der Waals surface area contributed by atoms with E-state index < -0.39 is 0 Å². The van der Waals surface area contributed by atoms with Crippen LogP contribution in [0.1, 0.15) is 64.4 Å². The second-order valence-corrected chi connectivity index (χ2v) is 9.65. The third-order valence-corrected chi connectivity index (χ3v) is 5.90. The molecule has 1 saturated heterocycles. The molecule has 1 aliphatic heterocycles. The van der Waals surface area contributed by atoms with Crippen molar-refractivity contribution in [2.45, 2.75) is 71.4 Å². The lowest BCUT2D eigenvalue weighted by Gasteiger charge is -2.36. The van der Waals surface area contributed by atoms with Crippen LogP contribution in [0.15, 0.2) is 30.4 Å². The second-order valence-electron chi connectivity index (χ2n) is 9.65. The van der Waals surface area contributed by atoms with Gasteiger partial charge in [-0.2, -0.15) is 0 Å². The van der Waals surface area contributed by atoms with Crippen LogP contribution in [0.5, 0.6) is 11.5 Å². The van der Waals surface area contributed by atoms with Gasteiger partial charge in [0.25, 0.3) is 0 Å². The predicted molar refractivity (Wildman–Crippen MR) is 136 cm³/mol. The molecule has 0 saturated carbocycles. The SMILES string of the molecule is COc1cc(CNC(=O)CCCC/C=C/C(C)C)ccc1OC(=O)N1CCCCC1CN(C)C. The lowest BCUT2D eigenvalue weighted by Crippen LogP contribution is -2.49. The van der Waals surface area contributed by atoms with Gasteiger partial charge in [0, 0.05) is 32.1 Å². The van der Waals surface area contributed by atoms with Gasteiger partial charge in [0.05, 0.1) is 7.11 Å². The number of carbonyl (C=O) groups is 2. The number of amides is 2. The van der Waals surface area contributed by atoms with Gasteiger partial charge >= 0.3 is 6.09 Å². The highest BCUT2D eigenvalue weighted by Crippen LogP contribution is 2.29. The Balaban J connectivity index is 1.85. The van der Waals surface area contributed by atoms with E-state index in [1.54, 1.807) is 13.2 Å². The number of rotatable bonds is 12. The number of ether oxygens (including phenoxy) is 2. The van der Waals surface area contributed by atoms with Crippen molar-refractivity contribution in [1.29, 1.82) is 0 Å². The molecule has 7 nitrogen and oxygen atoms in total. The molecule has 1 aliphatic rings. The topological polar surface area (TPSA) is 71.1 Å². The number of likely N-dealkylation sites (tertiary alicyclic amines) is 1. The summed E-state index contributed by atoms with van der Waals surface area (Å²) in [5, 5.41) is 2.96. The van der Waals surface area contributed by atoms with Crippen LogP contribution in [-0.2, 0) is 11.3 Å². The van der Waals surface area contributed by atoms with Crippen molar-refractivity contribution in [1.82, 2.24) is 15.1 Å². The normalized spacial score (nSPS) is 16.3. The first-order chi connectivity index (χ1) is 16.3. The van der Waals surface area contributed by atoms with E-state index in [0.717, 1.165) is 50.6 Å². The highest BCUT2D eigenvalue weighted by molar-refractivity contribution is 5.76. The standard InChI is InChI=1S/C27H43N3O4/c1-21(2)12-8-6-7-9-14-26(31)28-19-22-15-16-24(25(18-22)33-5)34-27(32)30-17-11-10-13-23(30)20-29(3)4/h8,12,15-16,18,21,23H,6-7,9-11,13-14,17,19-20H2,1-5H3,(H,28,31)/b12-8+. The molecule has 2 rings (SSSR count). The van der Waals surface area contributed by atoms with Gasteiger partial charge in [0.15, 0.2) is 11.5 Å². The molecular formula is C27H43N3O4. The second kappa shape index (κ2) is 14.7. The summed E-state index contributed by atoms with van der Waals surface area (Å²) in [7, 11) is 5.59. The Morgan fingerprint density at radius 2 is 2.00 bits per heavy atom. The average molecular weight is 474 g/mol. The molecule has 1 heterocycles. The summed E-state index contributed by atoms with van der Waals surface area (Å²) in [6.07, 6.45) is 10.6. The lowest BCUT2D eigenvalue weighted by atomic mass is 10.0. The summed E-state index contributed by atoms with van der Waals surface area (Å²) in [5.74, 6) is 1.49. The highest BCUT2D eigenvalue weighted by Gasteiger charge is 2.29. The molecule has 1 N–H and O–H groups in total. The molecule has 34 heavy (non-hydrogen) atoms. The van der Waals surface area contributed by atoms with E-state index in [0.29, 0.717) is 36.9 Å². The Morgan fingerprint density at radius 1 is 1.21 bits per heavy atom. The summed E-state index contributed by atoms with van der Waals surface area (Å²) in [6.45, 7) is 6.25. The Morgan fingerprint density at radius 3 is 2.71 bits per heavy atom. The molecule has 0 aromatic heterocycles. The number of nitrogens with one attached hydrogen (secondary N) is 1. The summed E-state index contributed by atoms with van der Waals surface area (Å²) < 4.78 is 11.2. The fourth-order valence-electron chi connectivity index (χ4n) is 4.12. The number of hydrogen-bond acceptors (Lipinski definition) is 5. The van der Waals surface area contributed by atoms with Crippen LogP contribution in [0.2, 0.25) is 0 Å². The molecule has 1 unspecified atom stereocenters. The first-order valence-corrected chi connectivity index (χ1v) is 12.5. The fourth-order valence-corrected chi connectivity index (χ4v) is 4.12. The Hall–Kier alpha value is -2.54. The van der Waals surface area contributed by atoms with Crippen molar-refractivity contribution < 1.29 is 19.1 Å². The lowest BCUT2D eigenvalue weighted by molar-refractivity contribution is -0.121. The van der Waals surface area contributed by atoms with Crippen molar-refractivity contribution in [2.75, 3.05) is 34.3 Å². The molecule has 1 aromatic carbocycles. The van der Waals surface area contributed by atoms with Crippen molar-refractivity contribution in [3.05, 3.63) is 35.9 Å². The van der Waals surface area contributed by atoms with E-state index in [4.69, 9.17) is 9.47 Å². The van der Waals surface area contributed by atoms with Gasteiger partial charge in [0.1, 0.15) is 0 Å². The van der Waals surface area contributed by atoms with Gasteiger partial charge in [-0.15, -0.1) is 0 Å². The summed E-state index contributed by atoms with van der Waals surface area (Å²) in [5.41, 5.74) is 0.897. The van der Waals surface area contributed by atoms with Crippen molar-refractivity contribution in [2.24, 2.45) is 5.92 Å². The van der Waals surface area contributed by atoms with Crippen LogP contribution >= 0.6 is 0 Å². The minimum Gasteiger partial charge on any atom is -0.493 e. The minimum atomic E-state index is -0.339. The van der Waals surface area contributed by atoms with Crippen LogP contribution < -0.4 is 14.8 Å². The van der Waals surface area contributed by atoms with Gasteiger partial charge < -0.3 is 24.6 Å².